The van der Waals surface area contributed by atoms with Crippen molar-refractivity contribution in [3.8, 4) is 0 Å². The summed E-state index contributed by atoms with van der Waals surface area (Å²) in [5, 5.41) is 21.4. The first-order valence-electron chi connectivity index (χ1n) is 6.85. The Labute approximate surface area is 122 Å². The van der Waals surface area contributed by atoms with E-state index in [2.05, 4.69) is 0 Å². The summed E-state index contributed by atoms with van der Waals surface area (Å²) >= 11 is 1.30. The molecule has 0 spiro atoms. The number of aliphatic hydroxyl groups excluding tert-OH is 1. The quantitative estimate of drug-likeness (QED) is 0.668. The molecular weight excluding hydrogens is 280 g/mol. The highest BCUT2D eigenvalue weighted by Gasteiger charge is 2.29. The van der Waals surface area contributed by atoms with Crippen LogP contribution in [0, 0.1) is 10.1 Å². The number of aliphatic hydroxyl groups is 1. The Kier molecular flexibility index (Phi) is 4.95. The average molecular weight is 300 g/mol. The molecule has 0 saturated carbocycles. The van der Waals surface area contributed by atoms with E-state index in [1.807, 2.05) is 11.8 Å². The van der Waals surface area contributed by atoms with Gasteiger partial charge in [0, 0.05) is 30.6 Å². The fourth-order valence-corrected chi connectivity index (χ4v) is 3.54. The zero-order valence-corrected chi connectivity index (χ0v) is 12.6. The highest BCUT2D eigenvalue weighted by Crippen LogP contribution is 2.41. The normalized spacial score (nSPS) is 20.9. The fourth-order valence-electron chi connectivity index (χ4n) is 2.45. The Bertz CT molecular complexity index is 473. The number of anilines is 1. The third-order valence-corrected chi connectivity index (χ3v) is 4.74. The fraction of sp³-hybridized carbons (Fsp3) is 0.692. The molecule has 1 aliphatic heterocycles. The van der Waals surface area contributed by atoms with Crippen LogP contribution in [0.5, 0.6) is 0 Å². The van der Waals surface area contributed by atoms with Crippen molar-refractivity contribution in [1.82, 2.24) is 0 Å². The Morgan fingerprint density at radius 1 is 1.70 bits per heavy atom. The number of thiophene rings is 1. The zero-order valence-electron chi connectivity index (χ0n) is 11.7. The minimum Gasteiger partial charge on any atom is -0.388 e. The molecule has 20 heavy (non-hydrogen) atoms. The molecule has 6 nitrogen and oxygen atoms in total. The number of piperidine rings is 1. The maximum atomic E-state index is 11.2. The minimum atomic E-state index is -0.681. The number of hydrogen-bond acceptors (Lipinski definition) is 6. The predicted octanol–water partition coefficient (Wildman–Crippen LogP) is 2.71. The number of nitrogens with zero attached hydrogens (tertiary/aromatic N) is 2. The van der Waals surface area contributed by atoms with Crippen LogP contribution >= 0.6 is 11.3 Å². The van der Waals surface area contributed by atoms with Gasteiger partial charge < -0.3 is 14.7 Å². The van der Waals surface area contributed by atoms with Gasteiger partial charge in [0.2, 0.25) is 0 Å². The summed E-state index contributed by atoms with van der Waals surface area (Å²) in [6.07, 6.45) is 1.40. The molecule has 0 radical (unpaired) electrons. The molecular formula is C13H20N2O4S. The van der Waals surface area contributed by atoms with Crippen molar-refractivity contribution < 1.29 is 14.8 Å². The first kappa shape index (κ1) is 15.2. The summed E-state index contributed by atoms with van der Waals surface area (Å²) in [6, 6.07) is 1.48. The molecule has 1 aromatic rings. The maximum absolute atomic E-state index is 11.2. The lowest BCUT2D eigenvalue weighted by molar-refractivity contribution is -0.383. The van der Waals surface area contributed by atoms with Crippen LogP contribution in [-0.4, -0.2) is 35.8 Å². The van der Waals surface area contributed by atoms with Crippen LogP contribution in [0.2, 0.25) is 0 Å². The van der Waals surface area contributed by atoms with Crippen LogP contribution < -0.4 is 4.90 Å². The van der Waals surface area contributed by atoms with Crippen LogP contribution in [0.25, 0.3) is 0 Å². The van der Waals surface area contributed by atoms with Gasteiger partial charge in [-0.3, -0.25) is 10.1 Å². The van der Waals surface area contributed by atoms with E-state index >= 15 is 0 Å². The summed E-state index contributed by atoms with van der Waals surface area (Å²) in [5.74, 6) is 0. The molecule has 2 heterocycles. The first-order valence-corrected chi connectivity index (χ1v) is 7.67. The molecule has 1 saturated heterocycles. The van der Waals surface area contributed by atoms with Gasteiger partial charge in [0.1, 0.15) is 0 Å². The maximum Gasteiger partial charge on any atom is 0.304 e. The molecule has 0 aromatic carbocycles. The number of rotatable bonds is 5. The van der Waals surface area contributed by atoms with Crippen molar-refractivity contribution in [2.24, 2.45) is 0 Å². The summed E-state index contributed by atoms with van der Waals surface area (Å²) in [6.45, 7) is 5.71. The summed E-state index contributed by atoms with van der Waals surface area (Å²) in [7, 11) is 0. The van der Waals surface area contributed by atoms with Crippen molar-refractivity contribution >= 4 is 22.0 Å². The summed E-state index contributed by atoms with van der Waals surface area (Å²) in [4.78, 5) is 13.4. The highest BCUT2D eigenvalue weighted by molar-refractivity contribution is 7.16. The lowest BCUT2D eigenvalue weighted by Crippen LogP contribution is -2.39. The number of ether oxygens (including phenoxy) is 1. The standard InChI is InChI=1S/C13H20N2O4S/c1-3-19-10-5-4-6-14(8-10)13-11(15(17)18)7-12(20-13)9(2)16/h7,9-10,16H,3-6,8H2,1-2H3/t9-,10?/m0/s1. The molecule has 0 bridgehead atoms. The Balaban J connectivity index is 2.24. The second-order valence-electron chi connectivity index (χ2n) is 4.94. The molecule has 112 valence electrons. The van der Waals surface area contributed by atoms with Crippen molar-refractivity contribution in [1.29, 1.82) is 0 Å². The lowest BCUT2D eigenvalue weighted by atomic mass is 10.1. The largest absolute Gasteiger partial charge is 0.388 e. The Morgan fingerprint density at radius 2 is 2.45 bits per heavy atom. The predicted molar refractivity (Wildman–Crippen MR) is 78.5 cm³/mol. The molecule has 0 aliphatic carbocycles. The van der Waals surface area contributed by atoms with Crippen molar-refractivity contribution in [3.05, 3.63) is 21.1 Å². The van der Waals surface area contributed by atoms with E-state index in [4.69, 9.17) is 4.74 Å². The molecule has 2 atom stereocenters. The SMILES string of the molecule is CCOC1CCCN(c2sc([C@H](C)O)cc2[N+](=O)[O-])C1. The van der Waals surface area contributed by atoms with Crippen LogP contribution in [0.3, 0.4) is 0 Å². The van der Waals surface area contributed by atoms with Crippen LogP contribution in [0.15, 0.2) is 6.07 Å². The van der Waals surface area contributed by atoms with E-state index in [1.165, 1.54) is 17.4 Å². The topological polar surface area (TPSA) is 75.8 Å². The van der Waals surface area contributed by atoms with E-state index in [0.29, 0.717) is 23.0 Å². The van der Waals surface area contributed by atoms with Crippen molar-refractivity contribution in [2.45, 2.75) is 38.9 Å². The number of hydrogen-bond donors (Lipinski definition) is 1. The van der Waals surface area contributed by atoms with Crippen molar-refractivity contribution in [2.75, 3.05) is 24.6 Å². The monoisotopic (exact) mass is 300 g/mol. The zero-order chi connectivity index (χ0) is 14.7. The van der Waals surface area contributed by atoms with Gasteiger partial charge in [0.15, 0.2) is 5.00 Å². The van der Waals surface area contributed by atoms with E-state index in [9.17, 15) is 15.2 Å². The van der Waals surface area contributed by atoms with E-state index in [0.717, 1.165) is 19.4 Å². The molecule has 1 N–H and O–H groups in total. The summed E-state index contributed by atoms with van der Waals surface area (Å²) in [5.41, 5.74) is 0.0862. The van der Waals surface area contributed by atoms with Gasteiger partial charge in [0.25, 0.3) is 0 Å². The van der Waals surface area contributed by atoms with E-state index in [1.54, 1.807) is 6.92 Å². The molecule has 1 fully saturated rings. The van der Waals surface area contributed by atoms with Gasteiger partial charge in [-0.05, 0) is 26.7 Å². The smallest absolute Gasteiger partial charge is 0.304 e. The lowest BCUT2D eigenvalue weighted by Gasteiger charge is -2.32. The minimum absolute atomic E-state index is 0.0862. The summed E-state index contributed by atoms with van der Waals surface area (Å²) < 4.78 is 5.63. The van der Waals surface area contributed by atoms with E-state index < -0.39 is 6.10 Å². The van der Waals surface area contributed by atoms with Gasteiger partial charge in [0.05, 0.1) is 17.1 Å². The average Bonchev–Trinajstić information content (AvgIpc) is 2.85. The van der Waals surface area contributed by atoms with Crippen LogP contribution in [0.4, 0.5) is 10.7 Å². The third kappa shape index (κ3) is 3.28. The molecule has 1 unspecified atom stereocenters. The second kappa shape index (κ2) is 6.51. The van der Waals surface area contributed by atoms with Crippen LogP contribution in [-0.2, 0) is 4.74 Å². The second-order valence-corrected chi connectivity index (χ2v) is 6.00. The van der Waals surface area contributed by atoms with E-state index in [-0.39, 0.29) is 16.7 Å². The van der Waals surface area contributed by atoms with Crippen LogP contribution in [0.1, 0.15) is 37.7 Å². The molecule has 2 rings (SSSR count). The molecule has 0 amide bonds. The third-order valence-electron chi connectivity index (χ3n) is 3.39. The number of nitro groups is 1. The van der Waals surface area contributed by atoms with Crippen molar-refractivity contribution in [3.63, 3.8) is 0 Å². The molecule has 7 heteroatoms. The van der Waals surface area contributed by atoms with Gasteiger partial charge >= 0.3 is 5.69 Å². The van der Waals surface area contributed by atoms with Gasteiger partial charge in [-0.15, -0.1) is 11.3 Å². The van der Waals surface area contributed by atoms with Gasteiger partial charge in [-0.25, -0.2) is 0 Å². The first-order chi connectivity index (χ1) is 9.52. The Hall–Kier alpha value is -1.18. The highest BCUT2D eigenvalue weighted by atomic mass is 32.1. The molecule has 1 aliphatic rings. The van der Waals surface area contributed by atoms with Gasteiger partial charge in [-0.1, -0.05) is 0 Å². The molecule has 1 aromatic heterocycles. The Morgan fingerprint density at radius 3 is 3.05 bits per heavy atom. The van der Waals surface area contributed by atoms with Gasteiger partial charge in [-0.2, -0.15) is 0 Å².